The van der Waals surface area contributed by atoms with E-state index in [4.69, 9.17) is 9.47 Å². The van der Waals surface area contributed by atoms with Crippen LogP contribution in [0.1, 0.15) is 29.8 Å². The summed E-state index contributed by atoms with van der Waals surface area (Å²) in [6.45, 7) is 4.76. The molecule has 0 radical (unpaired) electrons. The van der Waals surface area contributed by atoms with Gasteiger partial charge in [0.2, 0.25) is 0 Å². The summed E-state index contributed by atoms with van der Waals surface area (Å²) in [6, 6.07) is 14.1. The quantitative estimate of drug-likeness (QED) is 0.559. The molecule has 0 bridgehead atoms. The second-order valence-corrected chi connectivity index (χ2v) is 5.46. The van der Waals surface area contributed by atoms with Crippen molar-refractivity contribution in [2.75, 3.05) is 25.1 Å². The van der Waals surface area contributed by atoms with Crippen LogP contribution in [-0.4, -0.2) is 31.8 Å². The molecule has 0 unspecified atom stereocenters. The Kier molecular flexibility index (Phi) is 7.49. The Bertz CT molecular complexity index is 746. The number of rotatable bonds is 8. The number of nitrogens with one attached hydrogen (secondary N) is 2. The zero-order valence-corrected chi connectivity index (χ0v) is 15.1. The molecule has 0 saturated carbocycles. The second kappa shape index (κ2) is 10.1. The van der Waals surface area contributed by atoms with Crippen molar-refractivity contribution in [2.24, 2.45) is 0 Å². The number of carbonyl (C=O) groups excluding carboxylic acids is 2. The van der Waals surface area contributed by atoms with Gasteiger partial charge in [-0.2, -0.15) is 0 Å². The maximum Gasteiger partial charge on any atom is 0.340 e. The van der Waals surface area contributed by atoms with Crippen molar-refractivity contribution in [1.82, 2.24) is 5.32 Å². The van der Waals surface area contributed by atoms with Gasteiger partial charge >= 0.3 is 12.0 Å². The first kappa shape index (κ1) is 19.3. The Hall–Kier alpha value is -3.02. The molecule has 0 spiro atoms. The van der Waals surface area contributed by atoms with Crippen LogP contribution >= 0.6 is 0 Å². The third kappa shape index (κ3) is 5.51. The van der Waals surface area contributed by atoms with Crippen molar-refractivity contribution in [1.29, 1.82) is 0 Å². The molecule has 2 N–H and O–H groups in total. The van der Waals surface area contributed by atoms with Gasteiger partial charge in [0.25, 0.3) is 0 Å². The van der Waals surface area contributed by atoms with Gasteiger partial charge in [0.05, 0.1) is 24.4 Å². The third-order valence-electron chi connectivity index (χ3n) is 3.67. The van der Waals surface area contributed by atoms with Crippen molar-refractivity contribution in [3.8, 4) is 5.75 Å². The van der Waals surface area contributed by atoms with Crippen molar-refractivity contribution < 1.29 is 19.1 Å². The molecule has 2 rings (SSSR count). The predicted octanol–water partition coefficient (Wildman–Crippen LogP) is 3.63. The number of anilines is 1. The van der Waals surface area contributed by atoms with E-state index in [9.17, 15) is 9.59 Å². The molecule has 0 fully saturated rings. The molecule has 138 valence electrons. The van der Waals surface area contributed by atoms with E-state index in [1.54, 1.807) is 31.2 Å². The zero-order valence-electron chi connectivity index (χ0n) is 15.1. The van der Waals surface area contributed by atoms with Crippen LogP contribution in [0, 0.1) is 0 Å². The Morgan fingerprint density at radius 3 is 2.50 bits per heavy atom. The number of benzene rings is 2. The molecular weight excluding hydrogens is 332 g/mol. The molecule has 0 heterocycles. The Morgan fingerprint density at radius 1 is 1.00 bits per heavy atom. The van der Waals surface area contributed by atoms with Gasteiger partial charge < -0.3 is 20.1 Å². The topological polar surface area (TPSA) is 76.7 Å². The monoisotopic (exact) mass is 356 g/mol. The van der Waals surface area contributed by atoms with Gasteiger partial charge in [0.15, 0.2) is 0 Å². The highest BCUT2D eigenvalue weighted by molar-refractivity contribution is 6.00. The lowest BCUT2D eigenvalue weighted by Crippen LogP contribution is -2.32. The van der Waals surface area contributed by atoms with Gasteiger partial charge in [-0.25, -0.2) is 9.59 Å². The average Bonchev–Trinajstić information content (AvgIpc) is 2.66. The van der Waals surface area contributed by atoms with Gasteiger partial charge in [0, 0.05) is 0 Å². The normalized spacial score (nSPS) is 10.1. The molecular formula is C20H24N2O4. The van der Waals surface area contributed by atoms with Gasteiger partial charge in [-0.05, 0) is 37.1 Å². The minimum absolute atomic E-state index is 0.274. The van der Waals surface area contributed by atoms with Gasteiger partial charge in [0.1, 0.15) is 12.4 Å². The highest BCUT2D eigenvalue weighted by Gasteiger charge is 2.13. The predicted molar refractivity (Wildman–Crippen MR) is 101 cm³/mol. The first-order valence-corrected chi connectivity index (χ1v) is 8.67. The minimum atomic E-state index is -0.470. The number of hydrogen-bond acceptors (Lipinski definition) is 4. The first-order chi connectivity index (χ1) is 12.7. The van der Waals surface area contributed by atoms with Crippen molar-refractivity contribution in [3.63, 3.8) is 0 Å². The molecule has 0 atom stereocenters. The zero-order chi connectivity index (χ0) is 18.8. The lowest BCUT2D eigenvalue weighted by atomic mass is 10.1. The summed E-state index contributed by atoms with van der Waals surface area (Å²) in [4.78, 5) is 24.0. The number of hydrogen-bond donors (Lipinski definition) is 2. The molecule has 2 aromatic carbocycles. The fourth-order valence-electron chi connectivity index (χ4n) is 2.41. The SMILES string of the molecule is CCOC(=O)c1ccccc1NC(=O)NCCOc1ccccc1CC. The Morgan fingerprint density at radius 2 is 1.73 bits per heavy atom. The first-order valence-electron chi connectivity index (χ1n) is 8.67. The summed E-state index contributed by atoms with van der Waals surface area (Å²) in [5, 5.41) is 5.37. The smallest absolute Gasteiger partial charge is 0.340 e. The van der Waals surface area contributed by atoms with Crippen LogP contribution in [0.3, 0.4) is 0 Å². The maximum atomic E-state index is 12.0. The largest absolute Gasteiger partial charge is 0.491 e. The average molecular weight is 356 g/mol. The fourth-order valence-corrected chi connectivity index (χ4v) is 2.41. The van der Waals surface area contributed by atoms with Crippen LogP contribution in [-0.2, 0) is 11.2 Å². The van der Waals surface area contributed by atoms with E-state index in [0.717, 1.165) is 17.7 Å². The van der Waals surface area contributed by atoms with Crippen LogP contribution < -0.4 is 15.4 Å². The Balaban J connectivity index is 1.83. The summed E-state index contributed by atoms with van der Waals surface area (Å²) in [5.41, 5.74) is 1.85. The van der Waals surface area contributed by atoms with Crippen LogP contribution in [0.25, 0.3) is 0 Å². The lowest BCUT2D eigenvalue weighted by molar-refractivity contribution is 0.0527. The van der Waals surface area contributed by atoms with E-state index in [1.165, 1.54) is 0 Å². The molecule has 2 amide bonds. The van der Waals surface area contributed by atoms with E-state index in [2.05, 4.69) is 17.6 Å². The minimum Gasteiger partial charge on any atom is -0.491 e. The van der Waals surface area contributed by atoms with E-state index in [1.807, 2.05) is 24.3 Å². The van der Waals surface area contributed by atoms with Crippen LogP contribution in [0.5, 0.6) is 5.75 Å². The van der Waals surface area contributed by atoms with E-state index < -0.39 is 12.0 Å². The number of carbonyl (C=O) groups is 2. The highest BCUT2D eigenvalue weighted by atomic mass is 16.5. The number of para-hydroxylation sites is 2. The summed E-state index contributed by atoms with van der Waals surface area (Å²) < 4.78 is 10.7. The maximum absolute atomic E-state index is 12.0. The summed E-state index contributed by atoms with van der Waals surface area (Å²) in [5.74, 6) is 0.354. The van der Waals surface area contributed by atoms with Crippen LogP contribution in [0.4, 0.5) is 10.5 Å². The van der Waals surface area contributed by atoms with Gasteiger partial charge in [-0.3, -0.25) is 0 Å². The van der Waals surface area contributed by atoms with Gasteiger partial charge in [-0.15, -0.1) is 0 Å². The van der Waals surface area contributed by atoms with E-state index in [0.29, 0.717) is 24.4 Å². The molecule has 6 nitrogen and oxygen atoms in total. The molecule has 6 heteroatoms. The number of esters is 1. The van der Waals surface area contributed by atoms with Crippen molar-refractivity contribution >= 4 is 17.7 Å². The van der Waals surface area contributed by atoms with Crippen LogP contribution in [0.15, 0.2) is 48.5 Å². The van der Waals surface area contributed by atoms with Crippen molar-refractivity contribution in [2.45, 2.75) is 20.3 Å². The van der Waals surface area contributed by atoms with E-state index in [-0.39, 0.29) is 6.61 Å². The fraction of sp³-hybridized carbons (Fsp3) is 0.300. The second-order valence-electron chi connectivity index (χ2n) is 5.46. The molecule has 0 saturated heterocycles. The van der Waals surface area contributed by atoms with Crippen molar-refractivity contribution in [3.05, 3.63) is 59.7 Å². The molecule has 0 aromatic heterocycles. The number of aryl methyl sites for hydroxylation is 1. The third-order valence-corrected chi connectivity index (χ3v) is 3.67. The summed E-state index contributed by atoms with van der Waals surface area (Å²) in [7, 11) is 0. The molecule has 26 heavy (non-hydrogen) atoms. The standard InChI is InChI=1S/C20H24N2O4/c1-3-15-9-5-8-12-18(15)26-14-13-21-20(24)22-17-11-7-6-10-16(17)19(23)25-4-2/h5-12H,3-4,13-14H2,1-2H3,(H2,21,22,24). The molecule has 0 aliphatic rings. The molecule has 0 aliphatic heterocycles. The summed E-state index contributed by atoms with van der Waals surface area (Å²) in [6.07, 6.45) is 0.884. The highest BCUT2D eigenvalue weighted by Crippen LogP contribution is 2.18. The van der Waals surface area contributed by atoms with Gasteiger partial charge in [-0.1, -0.05) is 37.3 Å². The lowest BCUT2D eigenvalue weighted by Gasteiger charge is -2.13. The number of urea groups is 1. The molecule has 0 aliphatic carbocycles. The Labute approximate surface area is 153 Å². The summed E-state index contributed by atoms with van der Waals surface area (Å²) >= 11 is 0. The van der Waals surface area contributed by atoms with E-state index >= 15 is 0 Å². The number of amides is 2. The number of ether oxygens (including phenoxy) is 2. The molecule has 2 aromatic rings. The van der Waals surface area contributed by atoms with Crippen LogP contribution in [0.2, 0.25) is 0 Å².